The molecule has 0 radical (unpaired) electrons. The number of benzene rings is 2. The lowest BCUT2D eigenvalue weighted by molar-refractivity contribution is -0.130. The second-order valence-corrected chi connectivity index (χ2v) is 9.31. The zero-order valence-corrected chi connectivity index (χ0v) is 21.1. The highest BCUT2D eigenvalue weighted by Crippen LogP contribution is 2.33. The van der Waals surface area contributed by atoms with Gasteiger partial charge in [0.25, 0.3) is 5.91 Å². The molecule has 2 aromatic carbocycles. The third-order valence-corrected chi connectivity index (χ3v) is 6.57. The molecule has 4 rings (SSSR count). The van der Waals surface area contributed by atoms with Gasteiger partial charge in [0, 0.05) is 63.2 Å². The number of esters is 1. The van der Waals surface area contributed by atoms with Crippen LogP contribution in [0.1, 0.15) is 58.0 Å². The fourth-order valence-corrected chi connectivity index (χ4v) is 4.48. The second-order valence-electron chi connectivity index (χ2n) is 9.31. The average Bonchev–Trinajstić information content (AvgIpc) is 2.90. The van der Waals surface area contributed by atoms with Gasteiger partial charge >= 0.3 is 5.97 Å². The number of aliphatic hydroxyl groups is 1. The molecule has 1 aromatic heterocycles. The molecule has 0 atom stereocenters. The van der Waals surface area contributed by atoms with Gasteiger partial charge in [-0.1, -0.05) is 12.1 Å². The van der Waals surface area contributed by atoms with Crippen molar-refractivity contribution in [3.05, 3.63) is 70.7 Å². The van der Waals surface area contributed by atoms with E-state index in [9.17, 15) is 23.9 Å². The molecule has 0 unspecified atom stereocenters. The number of phenolic OH excluding ortho intramolecular Hbond substituents is 1. The summed E-state index contributed by atoms with van der Waals surface area (Å²) in [6.07, 6.45) is 2.81. The normalized spacial score (nSPS) is 13.9. The van der Waals surface area contributed by atoms with Gasteiger partial charge in [-0.05, 0) is 48.2 Å². The van der Waals surface area contributed by atoms with Gasteiger partial charge in [-0.15, -0.1) is 0 Å². The smallest absolute Gasteiger partial charge is 0.342 e. The van der Waals surface area contributed by atoms with Gasteiger partial charge in [0.1, 0.15) is 23.0 Å². The number of hydrogen-bond donors (Lipinski definition) is 3. The molecule has 0 aliphatic carbocycles. The summed E-state index contributed by atoms with van der Waals surface area (Å²) < 4.78 is 18.9. The highest BCUT2D eigenvalue weighted by molar-refractivity contribution is 6.11. The Labute approximate surface area is 219 Å². The molecule has 9 nitrogen and oxygen atoms in total. The SMILES string of the molecule is CC(=O)N1CCC(OC(=O)c2cc(C(=O)NCCCO)c3cc(Cc4ccc(F)cc4)cnc3c2O)CC1. The number of nitrogens with one attached hydrogen (secondary N) is 1. The van der Waals surface area contributed by atoms with Crippen LogP contribution < -0.4 is 5.32 Å². The number of aromatic hydroxyl groups is 1. The zero-order chi connectivity index (χ0) is 27.2. The molecule has 0 bridgehead atoms. The van der Waals surface area contributed by atoms with Crippen LogP contribution in [0.2, 0.25) is 0 Å². The maximum atomic E-state index is 13.3. The van der Waals surface area contributed by atoms with Crippen molar-refractivity contribution in [2.45, 2.75) is 38.7 Å². The lowest BCUT2D eigenvalue weighted by Crippen LogP contribution is -2.40. The Hall–Kier alpha value is -4.05. The molecule has 2 amide bonds. The second kappa shape index (κ2) is 12.0. The van der Waals surface area contributed by atoms with Crippen molar-refractivity contribution in [3.8, 4) is 5.75 Å². The number of phenols is 1. The maximum Gasteiger partial charge on any atom is 0.342 e. The zero-order valence-electron chi connectivity index (χ0n) is 21.1. The van der Waals surface area contributed by atoms with E-state index in [0.29, 0.717) is 44.2 Å². The van der Waals surface area contributed by atoms with Crippen LogP contribution in [0.25, 0.3) is 10.9 Å². The number of halogens is 1. The van der Waals surface area contributed by atoms with Gasteiger partial charge in [-0.3, -0.25) is 14.6 Å². The Kier molecular flexibility index (Phi) is 8.52. The highest BCUT2D eigenvalue weighted by Gasteiger charge is 2.27. The van der Waals surface area contributed by atoms with E-state index in [0.717, 1.165) is 11.1 Å². The number of amides is 2. The number of aliphatic hydroxyl groups excluding tert-OH is 1. The van der Waals surface area contributed by atoms with Crippen LogP contribution in [0.15, 0.2) is 42.6 Å². The predicted molar refractivity (Wildman–Crippen MR) is 137 cm³/mol. The van der Waals surface area contributed by atoms with E-state index < -0.39 is 23.7 Å². The largest absolute Gasteiger partial charge is 0.505 e. The van der Waals surface area contributed by atoms with Crippen LogP contribution in [0.3, 0.4) is 0 Å². The number of nitrogens with zero attached hydrogens (tertiary/aromatic N) is 2. The Morgan fingerprint density at radius 1 is 1.11 bits per heavy atom. The molecule has 0 spiro atoms. The van der Waals surface area contributed by atoms with E-state index in [1.165, 1.54) is 31.3 Å². The number of aromatic nitrogens is 1. The molecule has 200 valence electrons. The minimum Gasteiger partial charge on any atom is -0.505 e. The van der Waals surface area contributed by atoms with Crippen LogP contribution >= 0.6 is 0 Å². The fourth-order valence-electron chi connectivity index (χ4n) is 4.48. The summed E-state index contributed by atoms with van der Waals surface area (Å²) in [6.45, 7) is 2.54. The van der Waals surface area contributed by atoms with Crippen molar-refractivity contribution >= 4 is 28.7 Å². The van der Waals surface area contributed by atoms with Gasteiger partial charge < -0.3 is 25.2 Å². The van der Waals surface area contributed by atoms with E-state index in [1.807, 2.05) is 0 Å². The standard InChI is InChI=1S/C28H30FN3O6/c1-17(34)32-10-7-21(8-11-32)38-28(37)24-15-23(27(36)30-9-2-12-33)22-14-19(16-31-25(22)26(24)35)13-18-3-5-20(29)6-4-18/h3-6,14-16,21,33,35H,2,7-13H2,1H3,(H,30,36). The molecule has 1 aliphatic heterocycles. The van der Waals surface area contributed by atoms with Crippen molar-refractivity contribution in [2.24, 2.45) is 0 Å². The van der Waals surface area contributed by atoms with Gasteiger partial charge in [0.05, 0.1) is 0 Å². The van der Waals surface area contributed by atoms with Gasteiger partial charge in [0.15, 0.2) is 5.75 Å². The molecule has 38 heavy (non-hydrogen) atoms. The number of hydrogen-bond acceptors (Lipinski definition) is 7. The molecule has 0 saturated carbocycles. The monoisotopic (exact) mass is 523 g/mol. The van der Waals surface area contributed by atoms with Crippen molar-refractivity contribution in [3.63, 3.8) is 0 Å². The highest BCUT2D eigenvalue weighted by atomic mass is 19.1. The van der Waals surface area contributed by atoms with Crippen LogP contribution in [0.4, 0.5) is 4.39 Å². The van der Waals surface area contributed by atoms with E-state index in [-0.39, 0.29) is 41.5 Å². The first kappa shape index (κ1) is 27.0. The fraction of sp³-hybridized carbons (Fsp3) is 0.357. The minimum atomic E-state index is -0.785. The van der Waals surface area contributed by atoms with Gasteiger partial charge in [0.2, 0.25) is 5.91 Å². The minimum absolute atomic E-state index is 0.0383. The molecule has 1 aliphatic rings. The van der Waals surface area contributed by atoms with Crippen LogP contribution in [0.5, 0.6) is 5.75 Å². The summed E-state index contributed by atoms with van der Waals surface area (Å²) in [6, 6.07) is 9.02. The van der Waals surface area contributed by atoms with Crippen molar-refractivity contribution < 1.29 is 33.7 Å². The van der Waals surface area contributed by atoms with Gasteiger partial charge in [-0.2, -0.15) is 0 Å². The summed E-state index contributed by atoms with van der Waals surface area (Å²) in [5, 5.41) is 23.1. The molecule has 1 fully saturated rings. The molecular weight excluding hydrogens is 493 g/mol. The van der Waals surface area contributed by atoms with Crippen molar-refractivity contribution in [1.29, 1.82) is 0 Å². The number of fused-ring (bicyclic) bond motifs is 1. The Bertz CT molecular complexity index is 1340. The van der Waals surface area contributed by atoms with Crippen LogP contribution in [-0.4, -0.2) is 70.2 Å². The first-order chi connectivity index (χ1) is 18.3. The summed E-state index contributed by atoms with van der Waals surface area (Å²) >= 11 is 0. The molecule has 1 saturated heterocycles. The first-order valence-corrected chi connectivity index (χ1v) is 12.5. The van der Waals surface area contributed by atoms with E-state index in [1.54, 1.807) is 23.1 Å². The number of rotatable bonds is 8. The van der Waals surface area contributed by atoms with Crippen LogP contribution in [0, 0.1) is 5.82 Å². The van der Waals surface area contributed by atoms with Crippen molar-refractivity contribution in [2.75, 3.05) is 26.2 Å². The predicted octanol–water partition coefficient (Wildman–Crippen LogP) is 2.95. The summed E-state index contributed by atoms with van der Waals surface area (Å²) in [4.78, 5) is 43.8. The Balaban J connectivity index is 1.65. The van der Waals surface area contributed by atoms with Crippen LogP contribution in [-0.2, 0) is 16.0 Å². The third kappa shape index (κ3) is 6.25. The van der Waals surface area contributed by atoms with Gasteiger partial charge in [-0.25, -0.2) is 9.18 Å². The third-order valence-electron chi connectivity index (χ3n) is 6.57. The maximum absolute atomic E-state index is 13.3. The molecule has 2 heterocycles. The van der Waals surface area contributed by atoms with Crippen molar-refractivity contribution in [1.82, 2.24) is 15.2 Å². The molecular formula is C28H30FN3O6. The quantitative estimate of drug-likeness (QED) is 0.306. The Morgan fingerprint density at radius 2 is 1.82 bits per heavy atom. The number of piperidine rings is 1. The van der Waals surface area contributed by atoms with E-state index >= 15 is 0 Å². The molecule has 10 heteroatoms. The van der Waals surface area contributed by atoms with E-state index in [4.69, 9.17) is 9.84 Å². The lowest BCUT2D eigenvalue weighted by Gasteiger charge is -2.31. The number of ether oxygens (including phenoxy) is 1. The Morgan fingerprint density at radius 3 is 2.47 bits per heavy atom. The topological polar surface area (TPSA) is 129 Å². The molecule has 3 N–H and O–H groups in total. The number of pyridine rings is 1. The number of carbonyl (C=O) groups excluding carboxylic acids is 3. The van der Waals surface area contributed by atoms with E-state index in [2.05, 4.69) is 10.3 Å². The summed E-state index contributed by atoms with van der Waals surface area (Å²) in [5.74, 6) is -2.06. The summed E-state index contributed by atoms with van der Waals surface area (Å²) in [5.41, 5.74) is 1.57. The first-order valence-electron chi connectivity index (χ1n) is 12.5. The number of likely N-dealkylation sites (tertiary alicyclic amines) is 1. The average molecular weight is 524 g/mol. The molecule has 3 aromatic rings. The lowest BCUT2D eigenvalue weighted by atomic mass is 9.98. The summed E-state index contributed by atoms with van der Waals surface area (Å²) in [7, 11) is 0. The number of carbonyl (C=O) groups is 3.